The van der Waals surface area contributed by atoms with Crippen LogP contribution in [-0.2, 0) is 12.8 Å². The Morgan fingerprint density at radius 3 is 2.44 bits per heavy atom. The fourth-order valence-corrected chi connectivity index (χ4v) is 3.40. The van der Waals surface area contributed by atoms with E-state index in [2.05, 4.69) is 9.97 Å². The van der Waals surface area contributed by atoms with E-state index in [9.17, 15) is 9.18 Å². The minimum absolute atomic E-state index is 0.00887. The summed E-state index contributed by atoms with van der Waals surface area (Å²) >= 11 is 0. The Kier molecular flexibility index (Phi) is 4.62. The van der Waals surface area contributed by atoms with Crippen molar-refractivity contribution in [3.8, 4) is 11.4 Å². The van der Waals surface area contributed by atoms with Gasteiger partial charge in [0.2, 0.25) is 0 Å². The van der Waals surface area contributed by atoms with Crippen molar-refractivity contribution < 1.29 is 9.18 Å². The first-order valence-electron chi connectivity index (χ1n) is 8.93. The number of aromatic nitrogens is 3. The molecule has 0 aliphatic carbocycles. The van der Waals surface area contributed by atoms with Crippen molar-refractivity contribution in [2.45, 2.75) is 19.8 Å². The Balaban J connectivity index is 1.60. The standard InChI is InChI=1S/C21H19FN4O/c1-14-18-8-12-26(21(27)16-6-10-23-11-7-16)13-9-19(18)25-20(24-14)15-2-4-17(22)5-3-15/h2-7,10-11H,8-9,12-13H2,1H3. The Morgan fingerprint density at radius 1 is 1.00 bits per heavy atom. The van der Waals surface area contributed by atoms with Crippen LogP contribution in [0.15, 0.2) is 48.8 Å². The number of benzene rings is 1. The normalized spacial score (nSPS) is 13.8. The predicted molar refractivity (Wildman–Crippen MR) is 99.7 cm³/mol. The number of nitrogens with zero attached hydrogens (tertiary/aromatic N) is 4. The molecule has 6 heteroatoms. The van der Waals surface area contributed by atoms with E-state index in [0.29, 0.717) is 30.9 Å². The second-order valence-corrected chi connectivity index (χ2v) is 6.59. The van der Waals surface area contributed by atoms with Gasteiger partial charge in [-0.2, -0.15) is 0 Å². The van der Waals surface area contributed by atoms with Crippen LogP contribution in [-0.4, -0.2) is 38.8 Å². The highest BCUT2D eigenvalue weighted by Crippen LogP contribution is 2.23. The second-order valence-electron chi connectivity index (χ2n) is 6.59. The molecule has 0 bridgehead atoms. The van der Waals surface area contributed by atoms with E-state index in [0.717, 1.165) is 28.9 Å². The van der Waals surface area contributed by atoms with Crippen LogP contribution in [0.4, 0.5) is 4.39 Å². The number of aryl methyl sites for hydroxylation is 1. The van der Waals surface area contributed by atoms with Gasteiger partial charge in [-0.25, -0.2) is 14.4 Å². The van der Waals surface area contributed by atoms with Crippen LogP contribution in [0.25, 0.3) is 11.4 Å². The van der Waals surface area contributed by atoms with E-state index in [1.807, 2.05) is 11.8 Å². The average Bonchev–Trinajstić information content (AvgIpc) is 2.92. The lowest BCUT2D eigenvalue weighted by Crippen LogP contribution is -2.33. The number of rotatable bonds is 2. The topological polar surface area (TPSA) is 59.0 Å². The molecule has 0 spiro atoms. The molecule has 3 aromatic rings. The number of hydrogen-bond acceptors (Lipinski definition) is 4. The molecule has 4 rings (SSSR count). The summed E-state index contributed by atoms with van der Waals surface area (Å²) in [6, 6.07) is 9.67. The van der Waals surface area contributed by atoms with Gasteiger partial charge in [0.25, 0.3) is 5.91 Å². The van der Waals surface area contributed by atoms with E-state index < -0.39 is 0 Å². The zero-order valence-corrected chi connectivity index (χ0v) is 15.0. The Bertz CT molecular complexity index is 973. The van der Waals surface area contributed by atoms with Crippen LogP contribution in [0.1, 0.15) is 27.3 Å². The van der Waals surface area contributed by atoms with Gasteiger partial charge in [0.15, 0.2) is 5.82 Å². The van der Waals surface area contributed by atoms with Crippen molar-refractivity contribution in [3.05, 3.63) is 77.1 Å². The van der Waals surface area contributed by atoms with E-state index in [1.165, 1.54) is 12.1 Å². The van der Waals surface area contributed by atoms with Crippen molar-refractivity contribution in [1.29, 1.82) is 0 Å². The predicted octanol–water partition coefficient (Wildman–Crippen LogP) is 3.23. The fraction of sp³-hybridized carbons (Fsp3) is 0.238. The molecule has 0 N–H and O–H groups in total. The molecule has 1 aliphatic rings. The van der Waals surface area contributed by atoms with Crippen molar-refractivity contribution in [2.75, 3.05) is 13.1 Å². The van der Waals surface area contributed by atoms with Crippen molar-refractivity contribution >= 4 is 5.91 Å². The molecule has 1 aliphatic heterocycles. The molecule has 5 nitrogen and oxygen atoms in total. The summed E-state index contributed by atoms with van der Waals surface area (Å²) in [5.74, 6) is 0.324. The number of amides is 1. The van der Waals surface area contributed by atoms with E-state index in [1.54, 1.807) is 36.7 Å². The van der Waals surface area contributed by atoms with Crippen LogP contribution >= 0.6 is 0 Å². The van der Waals surface area contributed by atoms with E-state index >= 15 is 0 Å². The number of fused-ring (bicyclic) bond motifs is 1. The summed E-state index contributed by atoms with van der Waals surface area (Å²) in [6.07, 6.45) is 4.65. The highest BCUT2D eigenvalue weighted by atomic mass is 19.1. The molecule has 0 saturated carbocycles. The first kappa shape index (κ1) is 17.3. The smallest absolute Gasteiger partial charge is 0.253 e. The van der Waals surface area contributed by atoms with Crippen LogP contribution in [0, 0.1) is 12.7 Å². The Morgan fingerprint density at radius 2 is 1.70 bits per heavy atom. The summed E-state index contributed by atoms with van der Waals surface area (Å²) < 4.78 is 13.2. The SMILES string of the molecule is Cc1nc(-c2ccc(F)cc2)nc2c1CCN(C(=O)c1ccncc1)CC2. The zero-order valence-electron chi connectivity index (χ0n) is 15.0. The van der Waals surface area contributed by atoms with Gasteiger partial charge < -0.3 is 4.90 Å². The monoisotopic (exact) mass is 362 g/mol. The Labute approximate surface area is 156 Å². The highest BCUT2D eigenvalue weighted by molar-refractivity contribution is 5.94. The lowest BCUT2D eigenvalue weighted by molar-refractivity contribution is 0.0762. The molecule has 27 heavy (non-hydrogen) atoms. The molecule has 1 amide bonds. The molecule has 0 saturated heterocycles. The minimum Gasteiger partial charge on any atom is -0.338 e. The van der Waals surface area contributed by atoms with E-state index in [4.69, 9.17) is 4.98 Å². The quantitative estimate of drug-likeness (QED) is 0.702. The van der Waals surface area contributed by atoms with Gasteiger partial charge in [0.1, 0.15) is 5.82 Å². The van der Waals surface area contributed by atoms with Crippen LogP contribution in [0.3, 0.4) is 0 Å². The zero-order chi connectivity index (χ0) is 18.8. The largest absolute Gasteiger partial charge is 0.338 e. The van der Waals surface area contributed by atoms with Gasteiger partial charge in [0.05, 0.1) is 0 Å². The summed E-state index contributed by atoms with van der Waals surface area (Å²) in [5.41, 5.74) is 4.41. The highest BCUT2D eigenvalue weighted by Gasteiger charge is 2.22. The van der Waals surface area contributed by atoms with Gasteiger partial charge in [-0.15, -0.1) is 0 Å². The molecule has 0 atom stereocenters. The minimum atomic E-state index is -0.282. The van der Waals surface area contributed by atoms with E-state index in [-0.39, 0.29) is 11.7 Å². The van der Waals surface area contributed by atoms with Crippen LogP contribution in [0.5, 0.6) is 0 Å². The summed E-state index contributed by atoms with van der Waals surface area (Å²) in [7, 11) is 0. The third-order valence-electron chi connectivity index (χ3n) is 4.87. The van der Waals surface area contributed by atoms with Crippen LogP contribution < -0.4 is 0 Å². The van der Waals surface area contributed by atoms with Gasteiger partial charge >= 0.3 is 0 Å². The van der Waals surface area contributed by atoms with Gasteiger partial charge in [-0.1, -0.05) is 0 Å². The third-order valence-corrected chi connectivity index (χ3v) is 4.87. The molecule has 0 fully saturated rings. The second kappa shape index (κ2) is 7.23. The van der Waals surface area contributed by atoms with Crippen molar-refractivity contribution in [3.63, 3.8) is 0 Å². The number of pyridine rings is 1. The molecule has 0 unspecified atom stereocenters. The third kappa shape index (κ3) is 3.56. The lowest BCUT2D eigenvalue weighted by Gasteiger charge is -2.20. The molecule has 136 valence electrons. The number of carbonyl (C=O) groups excluding carboxylic acids is 1. The maximum Gasteiger partial charge on any atom is 0.253 e. The fourth-order valence-electron chi connectivity index (χ4n) is 3.40. The molecule has 0 radical (unpaired) electrons. The lowest BCUT2D eigenvalue weighted by atomic mass is 10.1. The number of halogens is 1. The summed E-state index contributed by atoms with van der Waals surface area (Å²) in [4.78, 5) is 27.9. The maximum atomic E-state index is 13.2. The first-order chi connectivity index (χ1) is 13.1. The first-order valence-corrected chi connectivity index (χ1v) is 8.93. The molecular formula is C21H19FN4O. The van der Waals surface area contributed by atoms with Gasteiger partial charge in [-0.05, 0) is 55.3 Å². The molecule has 1 aromatic carbocycles. The average molecular weight is 362 g/mol. The van der Waals surface area contributed by atoms with Crippen LogP contribution in [0.2, 0.25) is 0 Å². The van der Waals surface area contributed by atoms with Gasteiger partial charge in [-0.3, -0.25) is 9.78 Å². The van der Waals surface area contributed by atoms with Crippen molar-refractivity contribution in [2.24, 2.45) is 0 Å². The maximum absolute atomic E-state index is 13.2. The van der Waals surface area contributed by atoms with Gasteiger partial charge in [0, 0.05) is 54.4 Å². The van der Waals surface area contributed by atoms with Crippen molar-refractivity contribution in [1.82, 2.24) is 19.9 Å². The molecule has 2 aromatic heterocycles. The number of hydrogen-bond donors (Lipinski definition) is 0. The summed E-state index contributed by atoms with van der Waals surface area (Å²) in [6.45, 7) is 3.20. The number of carbonyl (C=O) groups is 1. The Hall–Kier alpha value is -3.15. The summed E-state index contributed by atoms with van der Waals surface area (Å²) in [5, 5.41) is 0. The molecule has 3 heterocycles. The molecular weight excluding hydrogens is 343 g/mol.